The molecule has 13 heteroatoms. The average molecular weight is 337 g/mol. The molecular formula is C10H3F4N3O6. The van der Waals surface area contributed by atoms with Gasteiger partial charge in [-0.05, 0) is 6.07 Å². The van der Waals surface area contributed by atoms with Gasteiger partial charge in [-0.15, -0.1) is 0 Å². The number of H-pyrrole nitrogens is 1. The van der Waals surface area contributed by atoms with Gasteiger partial charge in [0.2, 0.25) is 11.6 Å². The summed E-state index contributed by atoms with van der Waals surface area (Å²) >= 11 is 0. The molecule has 1 aromatic carbocycles. The van der Waals surface area contributed by atoms with Gasteiger partial charge in [0, 0.05) is 0 Å². The molecule has 0 aliphatic heterocycles. The Kier molecular flexibility index (Phi) is 3.43. The van der Waals surface area contributed by atoms with E-state index < -0.39 is 61.0 Å². The maximum absolute atomic E-state index is 13.8. The summed E-state index contributed by atoms with van der Waals surface area (Å²) in [7, 11) is 0. The first kappa shape index (κ1) is 16.1. The number of halogens is 4. The smallest absolute Gasteiger partial charge is 0.419 e. The lowest BCUT2D eigenvalue weighted by molar-refractivity contribution is -0.388. The first-order chi connectivity index (χ1) is 10.5. The standard InChI is InChI=1S/C10H3F4N3O6/c11-5-2(10(12,13)14)1-3-4(6(5)16(20)21)8(18)7(17(22)23)9(19)15-3/h1H,(H2,15,18,19). The lowest BCUT2D eigenvalue weighted by Crippen LogP contribution is -2.15. The predicted octanol–water partition coefficient (Wildman–Crippen LogP) is 2.21. The molecule has 122 valence electrons. The van der Waals surface area contributed by atoms with E-state index in [1.54, 1.807) is 4.98 Å². The number of aromatic amines is 1. The van der Waals surface area contributed by atoms with Crippen LogP contribution in [0, 0.1) is 26.0 Å². The van der Waals surface area contributed by atoms with Crippen LogP contribution in [0.4, 0.5) is 28.9 Å². The van der Waals surface area contributed by atoms with Crippen molar-refractivity contribution in [1.29, 1.82) is 0 Å². The number of alkyl halides is 3. The van der Waals surface area contributed by atoms with Gasteiger partial charge >= 0.3 is 23.1 Å². The number of aromatic hydroxyl groups is 1. The largest absolute Gasteiger partial charge is 0.501 e. The summed E-state index contributed by atoms with van der Waals surface area (Å²) in [5.41, 5.74) is -8.04. The molecule has 0 unspecified atom stereocenters. The number of nitrogens with one attached hydrogen (secondary N) is 1. The summed E-state index contributed by atoms with van der Waals surface area (Å²) < 4.78 is 51.9. The summed E-state index contributed by atoms with van der Waals surface area (Å²) in [6, 6.07) is 0.00249. The molecule has 2 aromatic rings. The second kappa shape index (κ2) is 4.89. The summed E-state index contributed by atoms with van der Waals surface area (Å²) in [5, 5.41) is 29.9. The lowest BCUT2D eigenvalue weighted by atomic mass is 10.1. The molecule has 1 aromatic heterocycles. The lowest BCUT2D eigenvalue weighted by Gasteiger charge is -2.10. The molecule has 23 heavy (non-hydrogen) atoms. The Balaban J connectivity index is 3.14. The zero-order chi connectivity index (χ0) is 17.7. The van der Waals surface area contributed by atoms with E-state index >= 15 is 0 Å². The number of nitrogens with zero attached hydrogens (tertiary/aromatic N) is 2. The Morgan fingerprint density at radius 2 is 1.65 bits per heavy atom. The van der Waals surface area contributed by atoms with E-state index in [2.05, 4.69) is 0 Å². The Labute approximate surface area is 121 Å². The van der Waals surface area contributed by atoms with E-state index in [0.717, 1.165) is 0 Å². The van der Waals surface area contributed by atoms with Crippen molar-refractivity contribution in [2.45, 2.75) is 6.18 Å². The minimum absolute atomic E-state index is 0.00249. The van der Waals surface area contributed by atoms with Gasteiger partial charge < -0.3 is 10.1 Å². The monoisotopic (exact) mass is 337 g/mol. The third-order valence-electron chi connectivity index (χ3n) is 2.83. The molecule has 9 nitrogen and oxygen atoms in total. The van der Waals surface area contributed by atoms with Crippen molar-refractivity contribution in [2.24, 2.45) is 0 Å². The van der Waals surface area contributed by atoms with Gasteiger partial charge in [0.25, 0.3) is 0 Å². The maximum atomic E-state index is 13.8. The fourth-order valence-corrected chi connectivity index (χ4v) is 1.94. The van der Waals surface area contributed by atoms with Crippen LogP contribution in [-0.2, 0) is 6.18 Å². The zero-order valence-corrected chi connectivity index (χ0v) is 10.5. The first-order valence-electron chi connectivity index (χ1n) is 5.44. The molecule has 1 heterocycles. The quantitative estimate of drug-likeness (QED) is 0.489. The highest BCUT2D eigenvalue weighted by atomic mass is 19.4. The van der Waals surface area contributed by atoms with Crippen molar-refractivity contribution in [2.75, 3.05) is 0 Å². The van der Waals surface area contributed by atoms with Gasteiger partial charge in [-0.25, -0.2) is 0 Å². The Morgan fingerprint density at radius 1 is 1.13 bits per heavy atom. The van der Waals surface area contributed by atoms with Gasteiger partial charge in [-0.3, -0.25) is 25.0 Å². The van der Waals surface area contributed by atoms with E-state index in [9.17, 15) is 47.7 Å². The topological polar surface area (TPSA) is 139 Å². The second-order valence-corrected chi connectivity index (χ2v) is 4.17. The number of nitro benzene ring substituents is 1. The van der Waals surface area contributed by atoms with Crippen molar-refractivity contribution in [3.63, 3.8) is 0 Å². The molecule has 2 N–H and O–H groups in total. The molecule has 0 bridgehead atoms. The van der Waals surface area contributed by atoms with Crippen LogP contribution in [-0.4, -0.2) is 19.9 Å². The number of nitro groups is 2. The predicted molar refractivity (Wildman–Crippen MR) is 64.5 cm³/mol. The summed E-state index contributed by atoms with van der Waals surface area (Å²) in [5.74, 6) is -3.94. The molecule has 0 saturated carbocycles. The number of rotatable bonds is 2. The Bertz CT molecular complexity index is 920. The molecule has 0 saturated heterocycles. The Morgan fingerprint density at radius 3 is 2.09 bits per heavy atom. The van der Waals surface area contributed by atoms with E-state index in [4.69, 9.17) is 0 Å². The van der Waals surface area contributed by atoms with Crippen LogP contribution in [0.3, 0.4) is 0 Å². The number of benzene rings is 1. The molecule has 0 atom stereocenters. The van der Waals surface area contributed by atoms with Crippen LogP contribution in [0.15, 0.2) is 10.9 Å². The molecule has 0 radical (unpaired) electrons. The van der Waals surface area contributed by atoms with Crippen molar-refractivity contribution in [1.82, 2.24) is 4.98 Å². The van der Waals surface area contributed by atoms with Crippen LogP contribution >= 0.6 is 0 Å². The zero-order valence-electron chi connectivity index (χ0n) is 10.5. The van der Waals surface area contributed by atoms with Crippen LogP contribution in [0.25, 0.3) is 10.9 Å². The highest BCUT2D eigenvalue weighted by Gasteiger charge is 2.41. The summed E-state index contributed by atoms with van der Waals surface area (Å²) in [4.78, 5) is 31.5. The van der Waals surface area contributed by atoms with Gasteiger partial charge in [0.05, 0.1) is 15.4 Å². The molecule has 0 aliphatic rings. The molecule has 0 spiro atoms. The summed E-state index contributed by atoms with van der Waals surface area (Å²) in [6.07, 6.45) is -5.34. The third-order valence-corrected chi connectivity index (χ3v) is 2.83. The molecular weight excluding hydrogens is 334 g/mol. The van der Waals surface area contributed by atoms with Crippen molar-refractivity contribution >= 4 is 22.3 Å². The average Bonchev–Trinajstić information content (AvgIpc) is 2.36. The van der Waals surface area contributed by atoms with E-state index in [1.807, 2.05) is 0 Å². The normalized spacial score (nSPS) is 11.7. The number of hydrogen-bond acceptors (Lipinski definition) is 6. The number of fused-ring (bicyclic) bond motifs is 1. The van der Waals surface area contributed by atoms with Crippen molar-refractivity contribution in [3.8, 4) is 5.75 Å². The second-order valence-electron chi connectivity index (χ2n) is 4.17. The SMILES string of the molecule is O=c1[nH]c2cc(C(F)(F)F)c(F)c([N+](=O)[O-])c2c(O)c1[N+](=O)[O-]. The van der Waals surface area contributed by atoms with E-state index in [-0.39, 0.29) is 6.07 Å². The molecule has 0 fully saturated rings. The number of pyridine rings is 1. The van der Waals surface area contributed by atoms with Crippen LogP contribution < -0.4 is 5.56 Å². The fourth-order valence-electron chi connectivity index (χ4n) is 1.94. The van der Waals surface area contributed by atoms with E-state index in [0.29, 0.717) is 0 Å². The van der Waals surface area contributed by atoms with Crippen molar-refractivity contribution in [3.05, 3.63) is 48.0 Å². The minimum atomic E-state index is -5.34. The summed E-state index contributed by atoms with van der Waals surface area (Å²) in [6.45, 7) is 0. The molecule has 2 rings (SSSR count). The third kappa shape index (κ3) is 2.41. The number of hydrogen-bond donors (Lipinski definition) is 2. The minimum Gasteiger partial charge on any atom is -0.501 e. The van der Waals surface area contributed by atoms with Gasteiger partial charge in [-0.2, -0.15) is 17.6 Å². The maximum Gasteiger partial charge on any atom is 0.419 e. The Hall–Kier alpha value is -3.25. The number of aromatic nitrogens is 1. The molecule has 0 amide bonds. The van der Waals surface area contributed by atoms with Crippen LogP contribution in [0.1, 0.15) is 5.56 Å². The van der Waals surface area contributed by atoms with Crippen LogP contribution in [0.5, 0.6) is 5.75 Å². The highest BCUT2D eigenvalue weighted by Crippen LogP contribution is 2.43. The highest BCUT2D eigenvalue weighted by molar-refractivity contribution is 5.96. The van der Waals surface area contributed by atoms with Gasteiger partial charge in [0.1, 0.15) is 10.9 Å². The van der Waals surface area contributed by atoms with E-state index in [1.165, 1.54) is 0 Å². The van der Waals surface area contributed by atoms with Gasteiger partial charge in [-0.1, -0.05) is 0 Å². The molecule has 0 aliphatic carbocycles. The fraction of sp³-hybridized carbons (Fsp3) is 0.100. The van der Waals surface area contributed by atoms with Crippen molar-refractivity contribution < 1.29 is 32.5 Å². The first-order valence-corrected chi connectivity index (χ1v) is 5.44. The van der Waals surface area contributed by atoms with Gasteiger partial charge in [0.15, 0.2) is 0 Å². The van der Waals surface area contributed by atoms with Crippen LogP contribution in [0.2, 0.25) is 0 Å².